The lowest BCUT2D eigenvalue weighted by Crippen LogP contribution is -2.11. The molecule has 86 valence electrons. The number of carboxylic acid groups (broad SMARTS) is 1. The van der Waals surface area contributed by atoms with Crippen LogP contribution < -0.4 is 5.43 Å². The molecule has 2 aromatic heterocycles. The number of pyridine rings is 1. The van der Waals surface area contributed by atoms with Crippen LogP contribution in [0.5, 0.6) is 0 Å². The summed E-state index contributed by atoms with van der Waals surface area (Å²) in [5, 5.41) is 8.95. The maximum absolute atomic E-state index is 10.9. The minimum absolute atomic E-state index is 0.0613. The molecule has 0 aliphatic rings. The van der Waals surface area contributed by atoms with Gasteiger partial charge >= 0.3 is 5.97 Å². The second-order valence-electron chi connectivity index (χ2n) is 3.39. The first-order valence-electron chi connectivity index (χ1n) is 4.85. The Balaban J connectivity index is 2.33. The van der Waals surface area contributed by atoms with Gasteiger partial charge in [-0.05, 0) is 0 Å². The molecule has 0 fully saturated rings. The Labute approximate surface area is 96.2 Å². The van der Waals surface area contributed by atoms with Crippen molar-refractivity contribution in [1.29, 1.82) is 0 Å². The predicted octanol–water partition coefficient (Wildman–Crippen LogP) is 0.385. The molecule has 0 radical (unpaired) electrons. The van der Waals surface area contributed by atoms with Gasteiger partial charge in [0.1, 0.15) is 11.9 Å². The van der Waals surface area contributed by atoms with Gasteiger partial charge in [-0.25, -0.2) is 14.8 Å². The van der Waals surface area contributed by atoms with Gasteiger partial charge in [0.25, 0.3) is 0 Å². The standard InChI is InChI=1S/C11H9N3O3/c15-8-1-3-14(4-2-8)6-10-9(11(16)17)5-12-7-13-10/h1-5,7H,6H2,(H,16,17). The van der Waals surface area contributed by atoms with Crippen LogP contribution in [0.2, 0.25) is 0 Å². The maximum atomic E-state index is 10.9. The highest BCUT2D eigenvalue weighted by atomic mass is 16.4. The van der Waals surface area contributed by atoms with Gasteiger partial charge in [0.15, 0.2) is 5.43 Å². The quantitative estimate of drug-likeness (QED) is 0.825. The van der Waals surface area contributed by atoms with Crippen molar-refractivity contribution in [2.75, 3.05) is 0 Å². The van der Waals surface area contributed by atoms with E-state index in [1.165, 1.54) is 24.7 Å². The number of aromatic nitrogens is 3. The molecular formula is C11H9N3O3. The van der Waals surface area contributed by atoms with Crippen LogP contribution in [-0.2, 0) is 6.54 Å². The summed E-state index contributed by atoms with van der Waals surface area (Å²) in [7, 11) is 0. The summed E-state index contributed by atoms with van der Waals surface area (Å²) < 4.78 is 1.68. The molecule has 0 unspecified atom stereocenters. The zero-order valence-corrected chi connectivity index (χ0v) is 8.78. The zero-order chi connectivity index (χ0) is 12.3. The van der Waals surface area contributed by atoms with Crippen LogP contribution in [0.25, 0.3) is 0 Å². The van der Waals surface area contributed by atoms with Crippen LogP contribution in [0, 0.1) is 0 Å². The first kappa shape index (κ1) is 11.0. The van der Waals surface area contributed by atoms with Gasteiger partial charge in [-0.15, -0.1) is 0 Å². The minimum Gasteiger partial charge on any atom is -0.478 e. The Morgan fingerprint density at radius 1 is 1.35 bits per heavy atom. The van der Waals surface area contributed by atoms with Crippen molar-refractivity contribution < 1.29 is 9.90 Å². The van der Waals surface area contributed by atoms with Crippen LogP contribution >= 0.6 is 0 Å². The molecule has 1 N–H and O–H groups in total. The fourth-order valence-corrected chi connectivity index (χ4v) is 1.38. The van der Waals surface area contributed by atoms with Gasteiger partial charge in [0.2, 0.25) is 0 Å². The SMILES string of the molecule is O=C(O)c1cncnc1Cn1ccc(=O)cc1. The van der Waals surface area contributed by atoms with E-state index >= 15 is 0 Å². The van der Waals surface area contributed by atoms with E-state index < -0.39 is 5.97 Å². The summed E-state index contributed by atoms with van der Waals surface area (Å²) in [6.07, 6.45) is 5.71. The lowest BCUT2D eigenvalue weighted by molar-refractivity contribution is 0.0694. The maximum Gasteiger partial charge on any atom is 0.339 e. The Morgan fingerprint density at radius 2 is 2.06 bits per heavy atom. The molecule has 0 saturated carbocycles. The van der Waals surface area contributed by atoms with Gasteiger partial charge in [-0.2, -0.15) is 0 Å². The third-order valence-electron chi connectivity index (χ3n) is 2.22. The number of carbonyl (C=O) groups is 1. The lowest BCUT2D eigenvalue weighted by Gasteiger charge is -2.06. The van der Waals surface area contributed by atoms with Crippen molar-refractivity contribution in [3.63, 3.8) is 0 Å². The minimum atomic E-state index is -1.07. The molecule has 2 rings (SSSR count). The van der Waals surface area contributed by atoms with Crippen molar-refractivity contribution >= 4 is 5.97 Å². The van der Waals surface area contributed by atoms with Crippen molar-refractivity contribution in [1.82, 2.24) is 14.5 Å². The van der Waals surface area contributed by atoms with Gasteiger partial charge in [-0.1, -0.05) is 0 Å². The average Bonchev–Trinajstić information content (AvgIpc) is 2.32. The number of rotatable bonds is 3. The molecule has 2 heterocycles. The van der Waals surface area contributed by atoms with E-state index in [4.69, 9.17) is 5.11 Å². The van der Waals surface area contributed by atoms with Crippen molar-refractivity contribution in [2.24, 2.45) is 0 Å². The molecule has 0 atom stereocenters. The van der Waals surface area contributed by atoms with E-state index in [1.54, 1.807) is 17.0 Å². The summed E-state index contributed by atoms with van der Waals surface area (Å²) in [6.45, 7) is 0.282. The molecule has 6 nitrogen and oxygen atoms in total. The highest BCUT2D eigenvalue weighted by Gasteiger charge is 2.10. The first-order chi connectivity index (χ1) is 8.16. The first-order valence-corrected chi connectivity index (χ1v) is 4.85. The number of carboxylic acids is 1. The average molecular weight is 231 g/mol. The molecule has 17 heavy (non-hydrogen) atoms. The van der Waals surface area contributed by atoms with E-state index in [9.17, 15) is 9.59 Å². The molecule has 2 aromatic rings. The lowest BCUT2D eigenvalue weighted by atomic mass is 10.2. The van der Waals surface area contributed by atoms with E-state index in [0.717, 1.165) is 0 Å². The molecule has 0 aliphatic carbocycles. The van der Waals surface area contributed by atoms with Gasteiger partial charge in [0, 0.05) is 30.7 Å². The smallest absolute Gasteiger partial charge is 0.339 e. The molecule has 0 saturated heterocycles. The Hall–Kier alpha value is -2.50. The second kappa shape index (κ2) is 4.56. The Bertz CT molecular complexity index is 586. The summed E-state index contributed by atoms with van der Waals surface area (Å²) >= 11 is 0. The molecule has 0 aliphatic heterocycles. The van der Waals surface area contributed by atoms with Crippen LogP contribution in [-0.4, -0.2) is 25.6 Å². The van der Waals surface area contributed by atoms with Gasteiger partial charge in [-0.3, -0.25) is 4.79 Å². The molecule has 0 aromatic carbocycles. The molecule has 6 heteroatoms. The topological polar surface area (TPSA) is 85.1 Å². The number of aromatic carboxylic acids is 1. The van der Waals surface area contributed by atoms with E-state index in [2.05, 4.69) is 9.97 Å². The molecule has 0 spiro atoms. The van der Waals surface area contributed by atoms with Gasteiger partial charge in [0.05, 0.1) is 12.2 Å². The Kier molecular flexibility index (Phi) is 2.95. The molecule has 0 bridgehead atoms. The fourth-order valence-electron chi connectivity index (χ4n) is 1.38. The van der Waals surface area contributed by atoms with E-state index in [0.29, 0.717) is 5.69 Å². The summed E-state index contributed by atoms with van der Waals surface area (Å²) in [5.74, 6) is -1.07. The molecule has 0 amide bonds. The second-order valence-corrected chi connectivity index (χ2v) is 3.39. The summed E-state index contributed by atoms with van der Waals surface area (Å²) in [5.41, 5.74) is 0.366. The third kappa shape index (κ3) is 2.54. The fraction of sp³-hybridized carbons (Fsp3) is 0.0909. The number of hydrogen-bond donors (Lipinski definition) is 1. The highest BCUT2D eigenvalue weighted by molar-refractivity contribution is 5.88. The predicted molar refractivity (Wildman–Crippen MR) is 58.8 cm³/mol. The van der Waals surface area contributed by atoms with Crippen molar-refractivity contribution in [2.45, 2.75) is 6.54 Å². The van der Waals surface area contributed by atoms with E-state index in [1.807, 2.05) is 0 Å². The van der Waals surface area contributed by atoms with Crippen molar-refractivity contribution in [3.8, 4) is 0 Å². The summed E-state index contributed by atoms with van der Waals surface area (Å²) in [6, 6.07) is 2.81. The largest absolute Gasteiger partial charge is 0.478 e. The van der Waals surface area contributed by atoms with E-state index in [-0.39, 0.29) is 17.5 Å². The number of nitrogens with zero attached hydrogens (tertiary/aromatic N) is 3. The normalized spacial score (nSPS) is 10.1. The van der Waals surface area contributed by atoms with Crippen molar-refractivity contribution in [3.05, 3.63) is 58.5 Å². The Morgan fingerprint density at radius 3 is 2.71 bits per heavy atom. The third-order valence-corrected chi connectivity index (χ3v) is 2.22. The molecular weight excluding hydrogens is 222 g/mol. The highest BCUT2D eigenvalue weighted by Crippen LogP contribution is 2.05. The van der Waals surface area contributed by atoms with Gasteiger partial charge < -0.3 is 9.67 Å². The monoisotopic (exact) mass is 231 g/mol. The summed E-state index contributed by atoms with van der Waals surface area (Å²) in [4.78, 5) is 29.4. The van der Waals surface area contributed by atoms with Crippen LogP contribution in [0.1, 0.15) is 16.1 Å². The van der Waals surface area contributed by atoms with Crippen LogP contribution in [0.3, 0.4) is 0 Å². The number of hydrogen-bond acceptors (Lipinski definition) is 4. The van der Waals surface area contributed by atoms with Crippen LogP contribution in [0.15, 0.2) is 41.8 Å². The van der Waals surface area contributed by atoms with Crippen LogP contribution in [0.4, 0.5) is 0 Å². The zero-order valence-electron chi connectivity index (χ0n) is 8.78.